The molecule has 0 saturated heterocycles. The average molecular weight is 242 g/mol. The first kappa shape index (κ1) is 13.6. The zero-order chi connectivity index (χ0) is 11.6. The molecular formula is C12H22N2OS. The Bertz CT molecular complexity index is 252. The second-order valence-corrected chi connectivity index (χ2v) is 4.70. The molecule has 1 heterocycles. The monoisotopic (exact) mass is 242 g/mol. The van der Waals surface area contributed by atoms with Crippen molar-refractivity contribution in [3.63, 3.8) is 0 Å². The van der Waals surface area contributed by atoms with E-state index in [2.05, 4.69) is 22.6 Å². The number of hydrogen-bond acceptors (Lipinski definition) is 4. The number of nitrogens with zero attached hydrogens (tertiary/aromatic N) is 1. The normalized spacial score (nSPS) is 12.9. The summed E-state index contributed by atoms with van der Waals surface area (Å²) in [7, 11) is 1.76. The van der Waals surface area contributed by atoms with Crippen LogP contribution in [-0.2, 0) is 11.2 Å². The first-order valence-corrected chi connectivity index (χ1v) is 6.90. The second-order valence-electron chi connectivity index (χ2n) is 3.98. The summed E-state index contributed by atoms with van der Waals surface area (Å²) in [6.07, 6.45) is 4.71. The molecule has 1 unspecified atom stereocenters. The Hall–Kier alpha value is -0.450. The molecule has 1 atom stereocenters. The molecule has 1 aromatic rings. The third-order valence-electron chi connectivity index (χ3n) is 2.57. The van der Waals surface area contributed by atoms with Crippen LogP contribution in [0.25, 0.3) is 0 Å². The van der Waals surface area contributed by atoms with E-state index in [4.69, 9.17) is 4.74 Å². The molecule has 0 aliphatic heterocycles. The van der Waals surface area contributed by atoms with E-state index in [1.54, 1.807) is 18.4 Å². The predicted molar refractivity (Wildman–Crippen MR) is 69.0 cm³/mol. The van der Waals surface area contributed by atoms with E-state index in [-0.39, 0.29) is 0 Å². The SMILES string of the molecule is CCCCC(COC)NCCc1cscn1. The van der Waals surface area contributed by atoms with Crippen molar-refractivity contribution < 1.29 is 4.74 Å². The Morgan fingerprint density at radius 2 is 2.44 bits per heavy atom. The Kier molecular flexibility index (Phi) is 7.38. The quantitative estimate of drug-likeness (QED) is 0.722. The van der Waals surface area contributed by atoms with Crippen LogP contribution in [0.3, 0.4) is 0 Å². The average Bonchev–Trinajstić information content (AvgIpc) is 2.79. The minimum atomic E-state index is 0.489. The topological polar surface area (TPSA) is 34.1 Å². The van der Waals surface area contributed by atoms with E-state index in [9.17, 15) is 0 Å². The first-order valence-electron chi connectivity index (χ1n) is 5.96. The van der Waals surface area contributed by atoms with Gasteiger partial charge in [-0.3, -0.25) is 0 Å². The highest BCUT2D eigenvalue weighted by molar-refractivity contribution is 7.07. The number of nitrogens with one attached hydrogen (secondary N) is 1. The molecule has 92 valence electrons. The van der Waals surface area contributed by atoms with Gasteiger partial charge in [0.25, 0.3) is 0 Å². The van der Waals surface area contributed by atoms with Crippen LogP contribution in [0.5, 0.6) is 0 Å². The van der Waals surface area contributed by atoms with Crippen molar-refractivity contribution in [2.75, 3.05) is 20.3 Å². The van der Waals surface area contributed by atoms with Crippen LogP contribution in [0.15, 0.2) is 10.9 Å². The summed E-state index contributed by atoms with van der Waals surface area (Å²) >= 11 is 1.66. The number of methoxy groups -OCH3 is 1. The van der Waals surface area contributed by atoms with Gasteiger partial charge in [0.1, 0.15) is 0 Å². The lowest BCUT2D eigenvalue weighted by molar-refractivity contribution is 0.161. The maximum atomic E-state index is 5.21. The fourth-order valence-corrected chi connectivity index (χ4v) is 2.25. The summed E-state index contributed by atoms with van der Waals surface area (Å²) in [5, 5.41) is 5.64. The van der Waals surface area contributed by atoms with E-state index in [0.717, 1.165) is 19.6 Å². The zero-order valence-electron chi connectivity index (χ0n) is 10.2. The van der Waals surface area contributed by atoms with Gasteiger partial charge >= 0.3 is 0 Å². The maximum absolute atomic E-state index is 5.21. The van der Waals surface area contributed by atoms with E-state index >= 15 is 0 Å². The zero-order valence-corrected chi connectivity index (χ0v) is 11.1. The van der Waals surface area contributed by atoms with Gasteiger partial charge in [-0.1, -0.05) is 19.8 Å². The van der Waals surface area contributed by atoms with Gasteiger partial charge in [0.2, 0.25) is 0 Å². The molecule has 4 heteroatoms. The molecule has 0 aromatic carbocycles. The molecule has 0 aliphatic carbocycles. The summed E-state index contributed by atoms with van der Waals surface area (Å²) in [4.78, 5) is 4.27. The van der Waals surface area contributed by atoms with Crippen molar-refractivity contribution in [3.8, 4) is 0 Å². The van der Waals surface area contributed by atoms with Crippen molar-refractivity contribution in [3.05, 3.63) is 16.6 Å². The smallest absolute Gasteiger partial charge is 0.0794 e. The van der Waals surface area contributed by atoms with Gasteiger partial charge in [-0.05, 0) is 6.42 Å². The lowest BCUT2D eigenvalue weighted by atomic mass is 10.1. The van der Waals surface area contributed by atoms with Crippen LogP contribution >= 0.6 is 11.3 Å². The number of rotatable bonds is 9. The van der Waals surface area contributed by atoms with E-state index in [1.807, 2.05) is 5.51 Å². The molecule has 1 aromatic heterocycles. The molecule has 1 rings (SSSR count). The van der Waals surface area contributed by atoms with Crippen LogP contribution in [0.1, 0.15) is 31.9 Å². The Morgan fingerprint density at radius 3 is 3.06 bits per heavy atom. The summed E-state index contributed by atoms with van der Waals surface area (Å²) in [6, 6.07) is 0.489. The fraction of sp³-hybridized carbons (Fsp3) is 0.750. The van der Waals surface area contributed by atoms with Crippen molar-refractivity contribution in [1.29, 1.82) is 0 Å². The van der Waals surface area contributed by atoms with E-state index in [1.165, 1.54) is 25.0 Å². The number of thiazole rings is 1. The Morgan fingerprint density at radius 1 is 1.56 bits per heavy atom. The summed E-state index contributed by atoms with van der Waals surface area (Å²) in [5.74, 6) is 0. The third-order valence-corrected chi connectivity index (χ3v) is 3.21. The van der Waals surface area contributed by atoms with E-state index < -0.39 is 0 Å². The maximum Gasteiger partial charge on any atom is 0.0794 e. The minimum Gasteiger partial charge on any atom is -0.383 e. The fourth-order valence-electron chi connectivity index (χ4n) is 1.66. The summed E-state index contributed by atoms with van der Waals surface area (Å²) in [5.41, 5.74) is 3.07. The minimum absolute atomic E-state index is 0.489. The standard InChI is InChI=1S/C12H22N2OS/c1-3-4-5-11(8-15-2)13-7-6-12-9-16-10-14-12/h9-11,13H,3-8H2,1-2H3. The molecule has 3 nitrogen and oxygen atoms in total. The third kappa shape index (κ3) is 5.58. The van der Waals surface area contributed by atoms with Crippen LogP contribution in [0.2, 0.25) is 0 Å². The number of ether oxygens (including phenoxy) is 1. The van der Waals surface area contributed by atoms with Crippen LogP contribution in [-0.4, -0.2) is 31.3 Å². The molecule has 0 saturated carbocycles. The molecule has 0 aliphatic rings. The molecule has 16 heavy (non-hydrogen) atoms. The highest BCUT2D eigenvalue weighted by Crippen LogP contribution is 2.03. The summed E-state index contributed by atoms with van der Waals surface area (Å²) in [6.45, 7) is 4.01. The second kappa shape index (κ2) is 8.67. The number of unbranched alkanes of at least 4 members (excludes halogenated alkanes) is 1. The first-order chi connectivity index (χ1) is 7.86. The Labute approximate surface area is 102 Å². The predicted octanol–water partition coefficient (Wildman–Crippen LogP) is 2.48. The molecule has 0 bridgehead atoms. The Balaban J connectivity index is 2.15. The number of aromatic nitrogens is 1. The van der Waals surface area contributed by atoms with Crippen LogP contribution < -0.4 is 5.32 Å². The van der Waals surface area contributed by atoms with Gasteiger partial charge < -0.3 is 10.1 Å². The molecule has 0 spiro atoms. The van der Waals surface area contributed by atoms with Crippen LogP contribution in [0.4, 0.5) is 0 Å². The molecule has 0 fully saturated rings. The van der Waals surface area contributed by atoms with E-state index in [0.29, 0.717) is 6.04 Å². The largest absolute Gasteiger partial charge is 0.383 e. The van der Waals surface area contributed by atoms with Gasteiger partial charge in [-0.15, -0.1) is 11.3 Å². The highest BCUT2D eigenvalue weighted by atomic mass is 32.1. The van der Waals surface area contributed by atoms with Crippen molar-refractivity contribution in [2.24, 2.45) is 0 Å². The van der Waals surface area contributed by atoms with Crippen molar-refractivity contribution >= 4 is 11.3 Å². The molecule has 0 radical (unpaired) electrons. The van der Waals surface area contributed by atoms with Crippen molar-refractivity contribution in [2.45, 2.75) is 38.6 Å². The molecule has 1 N–H and O–H groups in total. The van der Waals surface area contributed by atoms with Crippen LogP contribution in [0, 0.1) is 0 Å². The lowest BCUT2D eigenvalue weighted by Gasteiger charge is -2.17. The lowest BCUT2D eigenvalue weighted by Crippen LogP contribution is -2.34. The summed E-state index contributed by atoms with van der Waals surface area (Å²) < 4.78 is 5.21. The van der Waals surface area contributed by atoms with Gasteiger partial charge in [-0.2, -0.15) is 0 Å². The molecular weight excluding hydrogens is 220 g/mol. The molecule has 0 amide bonds. The van der Waals surface area contributed by atoms with Gasteiger partial charge in [0.15, 0.2) is 0 Å². The highest BCUT2D eigenvalue weighted by Gasteiger charge is 2.06. The number of hydrogen-bond donors (Lipinski definition) is 1. The van der Waals surface area contributed by atoms with Gasteiger partial charge in [-0.25, -0.2) is 4.98 Å². The van der Waals surface area contributed by atoms with Crippen molar-refractivity contribution in [1.82, 2.24) is 10.3 Å². The van der Waals surface area contributed by atoms with Gasteiger partial charge in [0, 0.05) is 31.5 Å². The van der Waals surface area contributed by atoms with Gasteiger partial charge in [0.05, 0.1) is 17.8 Å².